The van der Waals surface area contributed by atoms with Crippen LogP contribution < -0.4 is 16.2 Å². The second-order valence-electron chi connectivity index (χ2n) is 7.19. The Hall–Kier alpha value is -3.04. The average molecular weight is 394 g/mol. The van der Waals surface area contributed by atoms with Crippen LogP contribution in [0.25, 0.3) is 10.9 Å². The molecule has 1 aliphatic carbocycles. The van der Waals surface area contributed by atoms with Crippen molar-refractivity contribution in [3.8, 4) is 6.07 Å². The highest BCUT2D eigenvalue weighted by molar-refractivity contribution is 6.31. The van der Waals surface area contributed by atoms with Crippen LogP contribution in [-0.2, 0) is 7.05 Å². The normalized spacial score (nSPS) is 14.5. The number of nitriles is 1. The summed E-state index contributed by atoms with van der Waals surface area (Å²) in [7, 11) is 1.74. The van der Waals surface area contributed by atoms with Gasteiger partial charge < -0.3 is 15.2 Å². The fourth-order valence-corrected chi connectivity index (χ4v) is 3.70. The van der Waals surface area contributed by atoms with E-state index >= 15 is 0 Å². The number of halogens is 1. The molecule has 7 heteroatoms. The molecule has 28 heavy (non-hydrogen) atoms. The molecule has 1 saturated carbocycles. The van der Waals surface area contributed by atoms with Crippen molar-refractivity contribution in [3.63, 3.8) is 0 Å². The number of aryl methyl sites for hydroxylation is 1. The van der Waals surface area contributed by atoms with Gasteiger partial charge in [-0.25, -0.2) is 4.98 Å². The number of hydrogen-bond donors (Lipinski definition) is 2. The van der Waals surface area contributed by atoms with Crippen LogP contribution >= 0.6 is 11.6 Å². The van der Waals surface area contributed by atoms with E-state index in [-0.39, 0.29) is 16.3 Å². The van der Waals surface area contributed by atoms with Gasteiger partial charge in [0.1, 0.15) is 16.8 Å². The molecule has 4 rings (SSSR count). The Morgan fingerprint density at radius 2 is 2.07 bits per heavy atom. The number of nitrogens with zero attached hydrogens (tertiary/aromatic N) is 3. The quantitative estimate of drug-likeness (QED) is 0.627. The summed E-state index contributed by atoms with van der Waals surface area (Å²) in [5.74, 6) is 0.664. The van der Waals surface area contributed by atoms with Crippen molar-refractivity contribution in [2.45, 2.75) is 25.8 Å². The van der Waals surface area contributed by atoms with Crippen LogP contribution in [0.3, 0.4) is 0 Å². The minimum Gasteiger partial charge on any atom is -0.382 e. The lowest BCUT2D eigenvalue weighted by atomic mass is 10.1. The molecule has 3 aromatic rings. The van der Waals surface area contributed by atoms with Gasteiger partial charge in [0.25, 0.3) is 5.56 Å². The summed E-state index contributed by atoms with van der Waals surface area (Å²) in [6.45, 7) is 2.15. The van der Waals surface area contributed by atoms with Crippen molar-refractivity contribution in [1.82, 2.24) is 9.55 Å². The van der Waals surface area contributed by atoms with Crippen LogP contribution in [0.4, 0.5) is 17.1 Å². The van der Waals surface area contributed by atoms with E-state index in [1.54, 1.807) is 29.9 Å². The Kier molecular flexibility index (Phi) is 4.70. The third kappa shape index (κ3) is 3.30. The molecule has 0 spiro atoms. The summed E-state index contributed by atoms with van der Waals surface area (Å²) >= 11 is 6.05. The van der Waals surface area contributed by atoms with Gasteiger partial charge in [-0.3, -0.25) is 4.79 Å². The SMILES string of the molecule is C[C@@H](Nc1cc(=O)n(C)c2c(Nc3ccnc(Cl)c3C#N)cccc12)C1CC1. The molecule has 142 valence electrons. The number of anilines is 3. The first-order valence-corrected chi connectivity index (χ1v) is 9.58. The summed E-state index contributed by atoms with van der Waals surface area (Å²) in [6.07, 6.45) is 3.99. The summed E-state index contributed by atoms with van der Waals surface area (Å²) in [6, 6.07) is 11.5. The Labute approximate surface area is 167 Å². The number of para-hydroxylation sites is 1. The van der Waals surface area contributed by atoms with Crippen LogP contribution in [0.1, 0.15) is 25.3 Å². The average Bonchev–Trinajstić information content (AvgIpc) is 3.51. The van der Waals surface area contributed by atoms with Crippen molar-refractivity contribution in [3.05, 3.63) is 57.6 Å². The van der Waals surface area contributed by atoms with Gasteiger partial charge in [-0.15, -0.1) is 0 Å². The minimum absolute atomic E-state index is 0.0967. The summed E-state index contributed by atoms with van der Waals surface area (Å²) < 4.78 is 1.61. The Balaban J connectivity index is 1.84. The third-order valence-corrected chi connectivity index (χ3v) is 5.54. The molecule has 2 aromatic heterocycles. The molecular weight excluding hydrogens is 374 g/mol. The van der Waals surface area contributed by atoms with Gasteiger partial charge in [-0.2, -0.15) is 5.26 Å². The van der Waals surface area contributed by atoms with Gasteiger partial charge >= 0.3 is 0 Å². The molecular formula is C21H20ClN5O. The van der Waals surface area contributed by atoms with Crippen molar-refractivity contribution < 1.29 is 0 Å². The van der Waals surface area contributed by atoms with Crippen LogP contribution in [0.2, 0.25) is 5.15 Å². The maximum atomic E-state index is 12.6. The molecule has 0 saturated heterocycles. The number of pyridine rings is 2. The summed E-state index contributed by atoms with van der Waals surface area (Å²) in [5, 5.41) is 17.3. The van der Waals surface area contributed by atoms with E-state index in [0.717, 1.165) is 22.3 Å². The zero-order chi connectivity index (χ0) is 19.8. The molecule has 0 amide bonds. The van der Waals surface area contributed by atoms with Gasteiger partial charge in [-0.1, -0.05) is 23.7 Å². The van der Waals surface area contributed by atoms with Gasteiger partial charge in [0.2, 0.25) is 0 Å². The molecule has 0 radical (unpaired) electrons. The van der Waals surface area contributed by atoms with Crippen LogP contribution in [0.15, 0.2) is 41.3 Å². The standard InChI is InChI=1S/C21H20ClN5O/c1-12(13-6-7-13)25-18-10-19(28)27(2)20-14(18)4-3-5-17(20)26-16-8-9-24-21(22)15(16)11-23/h3-5,8-10,12-13,25H,6-7H2,1-2H3,(H,24,26)/t12-/m1/s1. The molecule has 1 fully saturated rings. The highest BCUT2D eigenvalue weighted by atomic mass is 35.5. The van der Waals surface area contributed by atoms with Crippen molar-refractivity contribution in [2.24, 2.45) is 13.0 Å². The zero-order valence-corrected chi connectivity index (χ0v) is 16.4. The summed E-state index contributed by atoms with van der Waals surface area (Å²) in [4.78, 5) is 16.6. The lowest BCUT2D eigenvalue weighted by molar-refractivity contribution is 0.694. The molecule has 2 heterocycles. The molecule has 6 nitrogen and oxygen atoms in total. The molecule has 0 bridgehead atoms. The number of nitrogens with one attached hydrogen (secondary N) is 2. The monoisotopic (exact) mass is 393 g/mol. The summed E-state index contributed by atoms with van der Waals surface area (Å²) in [5.41, 5.74) is 3.03. The number of fused-ring (bicyclic) bond motifs is 1. The molecule has 0 aliphatic heterocycles. The van der Waals surface area contributed by atoms with Crippen LogP contribution in [-0.4, -0.2) is 15.6 Å². The molecule has 1 atom stereocenters. The highest BCUT2D eigenvalue weighted by Crippen LogP contribution is 2.36. The maximum Gasteiger partial charge on any atom is 0.252 e. The topological polar surface area (TPSA) is 82.7 Å². The predicted molar refractivity (Wildman–Crippen MR) is 112 cm³/mol. The fraction of sp³-hybridized carbons (Fsp3) is 0.286. The number of hydrogen-bond acceptors (Lipinski definition) is 5. The Bertz CT molecular complexity index is 1160. The second-order valence-corrected chi connectivity index (χ2v) is 7.55. The lowest BCUT2D eigenvalue weighted by Crippen LogP contribution is -2.22. The first-order valence-electron chi connectivity index (χ1n) is 9.20. The van der Waals surface area contributed by atoms with E-state index in [1.807, 2.05) is 18.2 Å². The van der Waals surface area contributed by atoms with Crippen molar-refractivity contribution in [1.29, 1.82) is 5.26 Å². The number of aromatic nitrogens is 2. The Morgan fingerprint density at radius 1 is 1.29 bits per heavy atom. The van der Waals surface area contributed by atoms with Crippen LogP contribution in [0, 0.1) is 17.2 Å². The highest BCUT2D eigenvalue weighted by Gasteiger charge is 2.28. The molecule has 1 aromatic carbocycles. The maximum absolute atomic E-state index is 12.6. The molecule has 2 N–H and O–H groups in total. The van der Waals surface area contributed by atoms with E-state index in [2.05, 4.69) is 28.6 Å². The van der Waals surface area contributed by atoms with E-state index in [0.29, 0.717) is 17.6 Å². The number of rotatable bonds is 5. The minimum atomic E-state index is -0.0967. The van der Waals surface area contributed by atoms with Gasteiger partial charge in [-0.05, 0) is 37.8 Å². The second kappa shape index (κ2) is 7.17. The van der Waals surface area contributed by atoms with Gasteiger partial charge in [0.05, 0.1) is 16.9 Å². The van der Waals surface area contributed by atoms with Gasteiger partial charge in [0, 0.05) is 36.4 Å². The predicted octanol–water partition coefficient (Wildman–Crippen LogP) is 4.41. The van der Waals surface area contributed by atoms with E-state index in [1.165, 1.54) is 12.8 Å². The van der Waals surface area contributed by atoms with E-state index < -0.39 is 0 Å². The van der Waals surface area contributed by atoms with Crippen LogP contribution in [0.5, 0.6) is 0 Å². The van der Waals surface area contributed by atoms with E-state index in [4.69, 9.17) is 11.6 Å². The Morgan fingerprint density at radius 3 is 2.79 bits per heavy atom. The zero-order valence-electron chi connectivity index (χ0n) is 15.7. The first kappa shape index (κ1) is 18.3. The van der Waals surface area contributed by atoms with E-state index in [9.17, 15) is 10.1 Å². The lowest BCUT2D eigenvalue weighted by Gasteiger charge is -2.19. The smallest absolute Gasteiger partial charge is 0.252 e. The molecule has 0 unspecified atom stereocenters. The van der Waals surface area contributed by atoms with Crippen molar-refractivity contribution >= 4 is 39.6 Å². The fourth-order valence-electron chi connectivity index (χ4n) is 3.50. The largest absolute Gasteiger partial charge is 0.382 e. The number of benzene rings is 1. The third-order valence-electron chi connectivity index (χ3n) is 5.26. The first-order chi connectivity index (χ1) is 13.5. The van der Waals surface area contributed by atoms with Crippen molar-refractivity contribution in [2.75, 3.05) is 10.6 Å². The molecule has 1 aliphatic rings. The van der Waals surface area contributed by atoms with Gasteiger partial charge in [0.15, 0.2) is 0 Å².